The van der Waals surface area contributed by atoms with Crippen molar-refractivity contribution in [2.24, 2.45) is 11.8 Å². The Labute approximate surface area is 97.8 Å². The lowest BCUT2D eigenvalue weighted by atomic mass is 10.0. The maximum Gasteiger partial charge on any atom is 0.0186 e. The molecule has 3 aliphatic rings. The van der Waals surface area contributed by atoms with Gasteiger partial charge in [-0.05, 0) is 56.1 Å². The molecule has 3 rings (SSSR count). The standard InChI is InChI=1S/C13H23NS/c1-9-12(3-2-8-15-9)14-13(10-4-5-10)11-6-7-11/h9-14H,2-8H2,1H3. The Balaban J connectivity index is 1.56. The smallest absolute Gasteiger partial charge is 0.0186 e. The number of rotatable bonds is 4. The third-order valence-electron chi connectivity index (χ3n) is 4.27. The van der Waals surface area contributed by atoms with Crippen molar-refractivity contribution >= 4 is 11.8 Å². The molecule has 1 saturated heterocycles. The molecular formula is C13H23NS. The average molecular weight is 225 g/mol. The van der Waals surface area contributed by atoms with Gasteiger partial charge in [-0.3, -0.25) is 0 Å². The van der Waals surface area contributed by atoms with E-state index in [1.54, 1.807) is 0 Å². The molecule has 2 atom stereocenters. The van der Waals surface area contributed by atoms with E-state index < -0.39 is 0 Å². The second-order valence-corrected chi connectivity index (χ2v) is 7.18. The maximum absolute atomic E-state index is 4.01. The van der Waals surface area contributed by atoms with Gasteiger partial charge >= 0.3 is 0 Å². The van der Waals surface area contributed by atoms with Gasteiger partial charge in [-0.2, -0.15) is 11.8 Å². The average Bonchev–Trinajstić information content (AvgIpc) is 3.10. The van der Waals surface area contributed by atoms with Gasteiger partial charge in [0.05, 0.1) is 0 Å². The molecule has 0 amide bonds. The van der Waals surface area contributed by atoms with Crippen LogP contribution in [0.15, 0.2) is 0 Å². The summed E-state index contributed by atoms with van der Waals surface area (Å²) >= 11 is 2.17. The van der Waals surface area contributed by atoms with Crippen molar-refractivity contribution in [1.29, 1.82) is 0 Å². The Morgan fingerprint density at radius 1 is 1.07 bits per heavy atom. The maximum atomic E-state index is 4.01. The minimum atomic E-state index is 0.815. The van der Waals surface area contributed by atoms with Crippen LogP contribution in [0.1, 0.15) is 45.4 Å². The van der Waals surface area contributed by atoms with Crippen molar-refractivity contribution in [2.75, 3.05) is 5.75 Å². The highest BCUT2D eigenvalue weighted by molar-refractivity contribution is 7.99. The summed E-state index contributed by atoms with van der Waals surface area (Å²) in [5.41, 5.74) is 0. The molecule has 3 fully saturated rings. The van der Waals surface area contributed by atoms with Crippen LogP contribution in [-0.2, 0) is 0 Å². The molecular weight excluding hydrogens is 202 g/mol. The van der Waals surface area contributed by atoms with Gasteiger partial charge in [-0.1, -0.05) is 6.92 Å². The van der Waals surface area contributed by atoms with Crippen molar-refractivity contribution in [1.82, 2.24) is 5.32 Å². The van der Waals surface area contributed by atoms with E-state index in [1.807, 2.05) is 0 Å². The van der Waals surface area contributed by atoms with E-state index in [4.69, 9.17) is 0 Å². The molecule has 0 spiro atoms. The molecule has 2 heteroatoms. The molecule has 2 aliphatic carbocycles. The molecule has 2 saturated carbocycles. The van der Waals surface area contributed by atoms with E-state index in [1.165, 1.54) is 44.3 Å². The first kappa shape index (κ1) is 10.5. The molecule has 0 bridgehead atoms. The second-order valence-electron chi connectivity index (χ2n) is 5.69. The fourth-order valence-electron chi connectivity index (χ4n) is 2.96. The highest BCUT2D eigenvalue weighted by Crippen LogP contribution is 2.45. The summed E-state index contributed by atoms with van der Waals surface area (Å²) in [5, 5.41) is 4.85. The summed E-state index contributed by atoms with van der Waals surface area (Å²) in [6, 6.07) is 1.71. The molecule has 15 heavy (non-hydrogen) atoms. The van der Waals surface area contributed by atoms with Crippen LogP contribution in [0, 0.1) is 11.8 Å². The normalized spacial score (nSPS) is 37.2. The van der Waals surface area contributed by atoms with Crippen LogP contribution in [0.3, 0.4) is 0 Å². The van der Waals surface area contributed by atoms with Gasteiger partial charge in [0.25, 0.3) is 0 Å². The van der Waals surface area contributed by atoms with E-state index in [0.717, 1.165) is 29.2 Å². The first-order valence-corrected chi connectivity index (χ1v) is 7.77. The molecule has 0 aromatic carbocycles. The third-order valence-corrected chi connectivity index (χ3v) is 5.65. The lowest BCUT2D eigenvalue weighted by Crippen LogP contribution is -2.47. The Morgan fingerprint density at radius 3 is 2.27 bits per heavy atom. The van der Waals surface area contributed by atoms with E-state index in [0.29, 0.717) is 0 Å². The number of hydrogen-bond acceptors (Lipinski definition) is 2. The molecule has 1 nitrogen and oxygen atoms in total. The zero-order valence-corrected chi connectivity index (χ0v) is 10.6. The highest BCUT2D eigenvalue weighted by Gasteiger charge is 2.42. The number of thioether (sulfide) groups is 1. The van der Waals surface area contributed by atoms with Gasteiger partial charge in [-0.25, -0.2) is 0 Å². The molecule has 1 heterocycles. The molecule has 1 aliphatic heterocycles. The van der Waals surface area contributed by atoms with Crippen molar-refractivity contribution in [2.45, 2.75) is 62.8 Å². The highest BCUT2D eigenvalue weighted by atomic mass is 32.2. The Kier molecular flexibility index (Phi) is 2.99. The molecule has 0 aromatic rings. The zero-order valence-electron chi connectivity index (χ0n) is 9.74. The quantitative estimate of drug-likeness (QED) is 0.789. The van der Waals surface area contributed by atoms with Gasteiger partial charge < -0.3 is 5.32 Å². The minimum absolute atomic E-state index is 0.815. The number of hydrogen-bond donors (Lipinski definition) is 1. The predicted molar refractivity (Wildman–Crippen MR) is 67.3 cm³/mol. The van der Waals surface area contributed by atoms with Crippen LogP contribution in [0.4, 0.5) is 0 Å². The van der Waals surface area contributed by atoms with Crippen LogP contribution in [0.25, 0.3) is 0 Å². The largest absolute Gasteiger partial charge is 0.310 e. The van der Waals surface area contributed by atoms with Crippen LogP contribution >= 0.6 is 11.8 Å². The van der Waals surface area contributed by atoms with Crippen molar-refractivity contribution < 1.29 is 0 Å². The molecule has 1 N–H and O–H groups in total. The first-order chi connectivity index (χ1) is 7.34. The Hall–Kier alpha value is 0.310. The predicted octanol–water partition coefficient (Wildman–Crippen LogP) is 3.05. The van der Waals surface area contributed by atoms with Crippen LogP contribution in [-0.4, -0.2) is 23.1 Å². The summed E-state index contributed by atoms with van der Waals surface area (Å²) in [6.07, 6.45) is 8.86. The second kappa shape index (κ2) is 4.29. The molecule has 0 aromatic heterocycles. The fourth-order valence-corrected chi connectivity index (χ4v) is 4.11. The van der Waals surface area contributed by atoms with E-state index in [-0.39, 0.29) is 0 Å². The lowest BCUT2D eigenvalue weighted by molar-refractivity contribution is 0.341. The summed E-state index contributed by atoms with van der Waals surface area (Å²) in [6.45, 7) is 2.42. The summed E-state index contributed by atoms with van der Waals surface area (Å²) in [4.78, 5) is 0. The SMILES string of the molecule is CC1SCCCC1NC(C1CC1)C1CC1. The van der Waals surface area contributed by atoms with E-state index in [9.17, 15) is 0 Å². The fraction of sp³-hybridized carbons (Fsp3) is 1.00. The van der Waals surface area contributed by atoms with Gasteiger partial charge in [0, 0.05) is 17.3 Å². The Bertz CT molecular complexity index is 211. The summed E-state index contributed by atoms with van der Waals surface area (Å²) in [7, 11) is 0. The molecule has 0 radical (unpaired) electrons. The van der Waals surface area contributed by atoms with Crippen LogP contribution < -0.4 is 5.32 Å². The number of nitrogens with one attached hydrogen (secondary N) is 1. The van der Waals surface area contributed by atoms with E-state index in [2.05, 4.69) is 24.0 Å². The summed E-state index contributed by atoms with van der Waals surface area (Å²) < 4.78 is 0. The zero-order chi connectivity index (χ0) is 10.3. The van der Waals surface area contributed by atoms with Crippen molar-refractivity contribution in [3.05, 3.63) is 0 Å². The van der Waals surface area contributed by atoms with Crippen LogP contribution in [0.5, 0.6) is 0 Å². The Morgan fingerprint density at radius 2 is 1.73 bits per heavy atom. The third kappa shape index (κ3) is 2.52. The van der Waals surface area contributed by atoms with Gasteiger partial charge in [0.1, 0.15) is 0 Å². The monoisotopic (exact) mass is 225 g/mol. The van der Waals surface area contributed by atoms with E-state index >= 15 is 0 Å². The summed E-state index contributed by atoms with van der Waals surface area (Å²) in [5.74, 6) is 3.49. The molecule has 2 unspecified atom stereocenters. The van der Waals surface area contributed by atoms with Gasteiger partial charge in [0.15, 0.2) is 0 Å². The molecule has 86 valence electrons. The lowest BCUT2D eigenvalue weighted by Gasteiger charge is -2.33. The van der Waals surface area contributed by atoms with Gasteiger partial charge in [0.2, 0.25) is 0 Å². The topological polar surface area (TPSA) is 12.0 Å². The van der Waals surface area contributed by atoms with Crippen molar-refractivity contribution in [3.63, 3.8) is 0 Å². The van der Waals surface area contributed by atoms with Crippen LogP contribution in [0.2, 0.25) is 0 Å². The van der Waals surface area contributed by atoms with Crippen molar-refractivity contribution in [3.8, 4) is 0 Å². The van der Waals surface area contributed by atoms with Gasteiger partial charge in [-0.15, -0.1) is 0 Å². The first-order valence-electron chi connectivity index (χ1n) is 6.72. The minimum Gasteiger partial charge on any atom is -0.310 e.